The van der Waals surface area contributed by atoms with E-state index in [0.29, 0.717) is 30.9 Å². The maximum absolute atomic E-state index is 13.0. The third-order valence-electron chi connectivity index (χ3n) is 5.68. The van der Waals surface area contributed by atoms with Gasteiger partial charge in [0.15, 0.2) is 0 Å². The number of nitrogens with zero attached hydrogens (tertiary/aromatic N) is 2. The lowest BCUT2D eigenvalue weighted by Gasteiger charge is -2.27. The Morgan fingerprint density at radius 1 is 1.00 bits per heavy atom. The molecule has 0 aromatic heterocycles. The van der Waals surface area contributed by atoms with Gasteiger partial charge in [-0.2, -0.15) is 0 Å². The Morgan fingerprint density at radius 3 is 2.41 bits per heavy atom. The summed E-state index contributed by atoms with van der Waals surface area (Å²) in [5.41, 5.74) is 10.8. The van der Waals surface area contributed by atoms with Crippen molar-refractivity contribution in [2.24, 2.45) is 11.7 Å². The number of carbonyl (C=O) groups excluding carboxylic acids is 3. The molecular formula is C22H24N4O3. The highest BCUT2D eigenvalue weighted by Gasteiger charge is 2.35. The third-order valence-corrected chi connectivity index (χ3v) is 5.68. The molecule has 2 aromatic carbocycles. The zero-order valence-electron chi connectivity index (χ0n) is 16.1. The Morgan fingerprint density at radius 2 is 1.72 bits per heavy atom. The molecule has 29 heavy (non-hydrogen) atoms. The van der Waals surface area contributed by atoms with Crippen LogP contribution in [0.4, 0.5) is 5.69 Å². The van der Waals surface area contributed by atoms with Crippen molar-refractivity contribution in [1.82, 2.24) is 10.3 Å². The van der Waals surface area contributed by atoms with Crippen LogP contribution in [0.2, 0.25) is 0 Å². The fraction of sp³-hybridized carbons (Fsp3) is 0.318. The van der Waals surface area contributed by atoms with Gasteiger partial charge >= 0.3 is 0 Å². The van der Waals surface area contributed by atoms with Gasteiger partial charge < -0.3 is 10.6 Å². The number of hydrogen-bond acceptors (Lipinski definition) is 4. The van der Waals surface area contributed by atoms with E-state index in [1.807, 2.05) is 23.1 Å². The lowest BCUT2D eigenvalue weighted by atomic mass is 9.89. The Balaban J connectivity index is 1.48. The topological polar surface area (TPSA) is 95.7 Å². The monoisotopic (exact) mass is 392 g/mol. The normalized spacial score (nSPS) is 22.0. The number of anilines is 1. The average molecular weight is 392 g/mol. The lowest BCUT2D eigenvalue weighted by molar-refractivity contribution is -0.130. The zero-order chi connectivity index (χ0) is 20.4. The number of amides is 3. The minimum atomic E-state index is -0.193. The van der Waals surface area contributed by atoms with Crippen LogP contribution in [0, 0.1) is 5.92 Å². The van der Waals surface area contributed by atoms with Crippen LogP contribution in [0.1, 0.15) is 34.7 Å². The van der Waals surface area contributed by atoms with Crippen LogP contribution >= 0.6 is 0 Å². The van der Waals surface area contributed by atoms with Crippen LogP contribution in [0.15, 0.2) is 54.6 Å². The van der Waals surface area contributed by atoms with E-state index in [1.165, 1.54) is 10.6 Å². The first-order valence-corrected chi connectivity index (χ1v) is 9.83. The minimum absolute atomic E-state index is 0.0533. The molecule has 0 spiro atoms. The van der Waals surface area contributed by atoms with Gasteiger partial charge in [-0.05, 0) is 42.3 Å². The van der Waals surface area contributed by atoms with Crippen LogP contribution in [-0.2, 0) is 9.59 Å². The summed E-state index contributed by atoms with van der Waals surface area (Å²) < 4.78 is 0. The Bertz CT molecular complexity index is 913. The number of likely N-dealkylation sites (tertiary alicyclic amines) is 1. The first kappa shape index (κ1) is 19.1. The van der Waals surface area contributed by atoms with Crippen molar-refractivity contribution in [1.29, 1.82) is 0 Å². The van der Waals surface area contributed by atoms with Gasteiger partial charge in [-0.15, -0.1) is 0 Å². The minimum Gasteiger partial charge on any atom is -0.338 e. The van der Waals surface area contributed by atoms with Crippen molar-refractivity contribution in [2.75, 3.05) is 24.6 Å². The van der Waals surface area contributed by atoms with Crippen molar-refractivity contribution in [3.05, 3.63) is 65.7 Å². The fourth-order valence-electron chi connectivity index (χ4n) is 4.07. The molecule has 2 fully saturated rings. The van der Waals surface area contributed by atoms with Crippen molar-refractivity contribution in [2.45, 2.75) is 18.8 Å². The number of carbonyl (C=O) groups is 3. The molecule has 0 saturated carbocycles. The van der Waals surface area contributed by atoms with Crippen LogP contribution in [0.5, 0.6) is 0 Å². The van der Waals surface area contributed by atoms with E-state index in [4.69, 9.17) is 5.73 Å². The van der Waals surface area contributed by atoms with Crippen molar-refractivity contribution in [3.8, 4) is 0 Å². The number of nitrogens with one attached hydrogen (secondary N) is 1. The molecule has 150 valence electrons. The van der Waals surface area contributed by atoms with Gasteiger partial charge in [0.2, 0.25) is 11.8 Å². The summed E-state index contributed by atoms with van der Waals surface area (Å²) in [4.78, 5) is 38.5. The Labute approximate surface area is 169 Å². The van der Waals surface area contributed by atoms with E-state index in [2.05, 4.69) is 17.6 Å². The molecule has 0 radical (unpaired) electrons. The largest absolute Gasteiger partial charge is 0.338 e. The van der Waals surface area contributed by atoms with Gasteiger partial charge in [-0.25, -0.2) is 5.01 Å². The second-order valence-corrected chi connectivity index (χ2v) is 7.53. The van der Waals surface area contributed by atoms with Crippen molar-refractivity contribution >= 4 is 23.4 Å². The summed E-state index contributed by atoms with van der Waals surface area (Å²) in [6, 6.07) is 16.9. The molecule has 7 heteroatoms. The Kier molecular flexibility index (Phi) is 5.31. The fourth-order valence-corrected chi connectivity index (χ4v) is 4.07. The predicted molar refractivity (Wildman–Crippen MR) is 109 cm³/mol. The summed E-state index contributed by atoms with van der Waals surface area (Å²) in [5.74, 6) is 0.0381. The number of hydrazine groups is 1. The van der Waals surface area contributed by atoms with Gasteiger partial charge in [0.25, 0.3) is 5.91 Å². The van der Waals surface area contributed by atoms with Crippen molar-refractivity contribution < 1.29 is 14.4 Å². The highest BCUT2D eigenvalue weighted by Crippen LogP contribution is 2.33. The molecule has 2 atom stereocenters. The maximum Gasteiger partial charge on any atom is 0.253 e. The van der Waals surface area contributed by atoms with Crippen LogP contribution < -0.4 is 16.2 Å². The average Bonchev–Trinajstić information content (AvgIpc) is 3.20. The van der Waals surface area contributed by atoms with Crippen LogP contribution in [0.25, 0.3) is 0 Å². The summed E-state index contributed by atoms with van der Waals surface area (Å²) in [7, 11) is 0. The molecule has 2 aliphatic heterocycles. The second-order valence-electron chi connectivity index (χ2n) is 7.53. The molecule has 2 saturated heterocycles. The zero-order valence-corrected chi connectivity index (χ0v) is 16.1. The molecule has 2 aliphatic rings. The summed E-state index contributed by atoms with van der Waals surface area (Å²) in [6.07, 6.45) is 0.382. The molecule has 0 unspecified atom stereocenters. The van der Waals surface area contributed by atoms with Crippen molar-refractivity contribution in [3.63, 3.8) is 0 Å². The van der Waals surface area contributed by atoms with E-state index in [0.717, 1.165) is 0 Å². The quantitative estimate of drug-likeness (QED) is 0.827. The molecule has 4 rings (SSSR count). The molecule has 0 bridgehead atoms. The van der Waals surface area contributed by atoms with Gasteiger partial charge in [0.05, 0.1) is 5.69 Å². The van der Waals surface area contributed by atoms with E-state index in [9.17, 15) is 14.4 Å². The highest BCUT2D eigenvalue weighted by atomic mass is 16.2. The van der Waals surface area contributed by atoms with Gasteiger partial charge in [-0.1, -0.05) is 30.3 Å². The standard InChI is InChI=1S/C22H24N4O3/c23-12-17-13-25(14-19(17)15-4-2-1-3-5-15)22(29)16-6-8-18(9-7-16)26-21(28)11-10-20(27)24-26/h1-9,17,19H,10-14,23H2,(H,24,27)/t17-,19+/m1/s1. The predicted octanol–water partition coefficient (Wildman–Crippen LogP) is 1.66. The molecular weight excluding hydrogens is 368 g/mol. The first-order chi connectivity index (χ1) is 14.1. The number of hydrogen-bond donors (Lipinski definition) is 2. The molecule has 0 aliphatic carbocycles. The summed E-state index contributed by atoms with van der Waals surface area (Å²) in [5, 5.41) is 1.24. The number of benzene rings is 2. The number of nitrogens with two attached hydrogens (primary N) is 1. The SMILES string of the molecule is NC[C@@H]1CN(C(=O)c2ccc(N3NC(=O)CCC3=O)cc2)C[C@H]1c1ccccc1. The molecule has 2 heterocycles. The smallest absolute Gasteiger partial charge is 0.253 e. The molecule has 3 N–H and O–H groups in total. The van der Waals surface area contributed by atoms with Gasteiger partial charge in [0.1, 0.15) is 0 Å². The van der Waals surface area contributed by atoms with Gasteiger partial charge in [0, 0.05) is 37.4 Å². The van der Waals surface area contributed by atoms with Crippen LogP contribution in [0.3, 0.4) is 0 Å². The van der Waals surface area contributed by atoms with E-state index in [1.54, 1.807) is 24.3 Å². The maximum atomic E-state index is 13.0. The third kappa shape index (κ3) is 3.86. The van der Waals surface area contributed by atoms with E-state index >= 15 is 0 Å². The van der Waals surface area contributed by atoms with E-state index in [-0.39, 0.29) is 42.4 Å². The summed E-state index contributed by atoms with van der Waals surface area (Å²) >= 11 is 0. The molecule has 3 amide bonds. The Hall–Kier alpha value is -3.19. The summed E-state index contributed by atoms with van der Waals surface area (Å²) in [6.45, 7) is 1.78. The number of rotatable bonds is 4. The lowest BCUT2D eigenvalue weighted by Crippen LogP contribution is -2.50. The first-order valence-electron chi connectivity index (χ1n) is 9.83. The highest BCUT2D eigenvalue weighted by molar-refractivity contribution is 6.01. The molecule has 7 nitrogen and oxygen atoms in total. The molecule has 2 aromatic rings. The van der Waals surface area contributed by atoms with E-state index < -0.39 is 0 Å². The van der Waals surface area contributed by atoms with Crippen LogP contribution in [-0.4, -0.2) is 42.3 Å². The second kappa shape index (κ2) is 8.05. The van der Waals surface area contributed by atoms with Gasteiger partial charge in [-0.3, -0.25) is 19.8 Å².